The van der Waals surface area contributed by atoms with Gasteiger partial charge in [-0.05, 0) is 42.0 Å². The maximum absolute atomic E-state index is 12.4. The van der Waals surface area contributed by atoms with Gasteiger partial charge in [-0.1, -0.05) is 47.1 Å². The largest absolute Gasteiger partial charge is 0.334 e. The number of urea groups is 1. The molecule has 0 saturated heterocycles. The molecule has 0 atom stereocenters. The minimum absolute atomic E-state index is 0.175. The fraction of sp³-hybridized carbons (Fsp3) is 0.250. The minimum Gasteiger partial charge on any atom is -0.334 e. The molecule has 0 aliphatic rings. The summed E-state index contributed by atoms with van der Waals surface area (Å²) >= 11 is 3.41. The maximum Gasteiger partial charge on any atom is 0.321 e. The van der Waals surface area contributed by atoms with Crippen LogP contribution in [-0.2, 0) is 6.54 Å². The third-order valence-electron chi connectivity index (χ3n) is 4.02. The number of carbonyl (C=O) groups is 1. The van der Waals surface area contributed by atoms with Gasteiger partial charge in [0.15, 0.2) is 5.82 Å². The molecule has 0 bridgehead atoms. The second kappa shape index (κ2) is 8.35. The van der Waals surface area contributed by atoms with Gasteiger partial charge >= 0.3 is 6.03 Å². The molecule has 3 rings (SSSR count). The fourth-order valence-corrected chi connectivity index (χ4v) is 2.70. The van der Waals surface area contributed by atoms with E-state index in [9.17, 15) is 4.79 Å². The van der Waals surface area contributed by atoms with E-state index < -0.39 is 0 Å². The van der Waals surface area contributed by atoms with Gasteiger partial charge in [0, 0.05) is 35.2 Å². The van der Waals surface area contributed by atoms with Crippen molar-refractivity contribution in [3.8, 4) is 11.5 Å². The molecule has 3 aromatic rings. The van der Waals surface area contributed by atoms with Gasteiger partial charge < -0.3 is 14.7 Å². The monoisotopic (exact) mass is 428 g/mol. The van der Waals surface area contributed by atoms with Crippen molar-refractivity contribution in [3.63, 3.8) is 0 Å². The number of hydrogen-bond donors (Lipinski definition) is 1. The molecule has 140 valence electrons. The molecule has 6 nitrogen and oxygen atoms in total. The Labute approximate surface area is 166 Å². The summed E-state index contributed by atoms with van der Waals surface area (Å²) in [5.41, 5.74) is 2.58. The Hall–Kier alpha value is -2.67. The van der Waals surface area contributed by atoms with Gasteiger partial charge in [0.1, 0.15) is 0 Å². The number of nitrogens with one attached hydrogen (secondary N) is 1. The molecule has 0 aliphatic carbocycles. The van der Waals surface area contributed by atoms with E-state index in [0.717, 1.165) is 15.6 Å². The van der Waals surface area contributed by atoms with Crippen LogP contribution in [0.5, 0.6) is 0 Å². The Kier molecular flexibility index (Phi) is 5.91. The molecule has 2 aromatic carbocycles. The van der Waals surface area contributed by atoms with Crippen molar-refractivity contribution in [2.24, 2.45) is 0 Å². The van der Waals surface area contributed by atoms with Gasteiger partial charge in [0.25, 0.3) is 5.89 Å². The second-order valence-electron chi connectivity index (χ2n) is 6.60. The van der Waals surface area contributed by atoms with Gasteiger partial charge in [-0.2, -0.15) is 4.98 Å². The molecular weight excluding hydrogens is 408 g/mol. The molecule has 0 fully saturated rings. The second-order valence-corrected chi connectivity index (χ2v) is 7.52. The van der Waals surface area contributed by atoms with E-state index in [4.69, 9.17) is 4.52 Å². The van der Waals surface area contributed by atoms with Crippen LogP contribution in [-0.4, -0.2) is 28.1 Å². The Morgan fingerprint density at radius 1 is 1.15 bits per heavy atom. The number of rotatable bonds is 5. The number of anilines is 1. The number of halogens is 1. The van der Waals surface area contributed by atoms with Crippen LogP contribution < -0.4 is 5.32 Å². The highest BCUT2D eigenvalue weighted by molar-refractivity contribution is 9.10. The van der Waals surface area contributed by atoms with E-state index in [2.05, 4.69) is 31.4 Å². The lowest BCUT2D eigenvalue weighted by Crippen LogP contribution is -2.30. The lowest BCUT2D eigenvalue weighted by Gasteiger charge is -2.18. The van der Waals surface area contributed by atoms with Gasteiger partial charge in [-0.25, -0.2) is 4.79 Å². The Morgan fingerprint density at radius 3 is 2.41 bits per heavy atom. The molecule has 1 aromatic heterocycles. The van der Waals surface area contributed by atoms with Crippen LogP contribution in [0.15, 0.2) is 57.5 Å². The first-order valence-electron chi connectivity index (χ1n) is 8.63. The highest BCUT2D eigenvalue weighted by atomic mass is 79.9. The minimum atomic E-state index is -0.175. The third-order valence-corrected chi connectivity index (χ3v) is 4.55. The molecule has 7 heteroatoms. The number of nitrogens with zero attached hydrogens (tertiary/aromatic N) is 3. The van der Waals surface area contributed by atoms with Gasteiger partial charge in [0.05, 0.1) is 0 Å². The lowest BCUT2D eigenvalue weighted by atomic mass is 10.2. The van der Waals surface area contributed by atoms with E-state index in [1.54, 1.807) is 11.9 Å². The van der Waals surface area contributed by atoms with E-state index >= 15 is 0 Å². The Balaban J connectivity index is 1.61. The standard InChI is InChI=1S/C20H21BrN4O2/c1-13(2)18-23-19(27-24-18)15-6-10-17(11-7-15)22-20(26)25(3)12-14-4-8-16(21)9-5-14/h4-11,13H,12H2,1-3H3,(H,22,26). The van der Waals surface area contributed by atoms with Crippen LogP contribution in [0.1, 0.15) is 31.2 Å². The Morgan fingerprint density at radius 2 is 1.81 bits per heavy atom. The smallest absolute Gasteiger partial charge is 0.321 e. The highest BCUT2D eigenvalue weighted by Crippen LogP contribution is 2.22. The summed E-state index contributed by atoms with van der Waals surface area (Å²) in [4.78, 5) is 18.4. The zero-order valence-electron chi connectivity index (χ0n) is 15.4. The van der Waals surface area contributed by atoms with E-state index in [1.807, 2.05) is 62.4 Å². The van der Waals surface area contributed by atoms with Crippen LogP contribution in [0.4, 0.5) is 10.5 Å². The first-order valence-corrected chi connectivity index (χ1v) is 9.42. The number of benzene rings is 2. The topological polar surface area (TPSA) is 71.3 Å². The summed E-state index contributed by atoms with van der Waals surface area (Å²) in [5.74, 6) is 1.36. The molecule has 0 aliphatic heterocycles. The number of carbonyl (C=O) groups excluding carboxylic acids is 1. The average Bonchev–Trinajstić information content (AvgIpc) is 3.14. The zero-order chi connectivity index (χ0) is 19.4. The lowest BCUT2D eigenvalue weighted by molar-refractivity contribution is 0.220. The number of amides is 2. The summed E-state index contributed by atoms with van der Waals surface area (Å²) in [6.07, 6.45) is 0. The first-order chi connectivity index (χ1) is 12.9. The van der Waals surface area contributed by atoms with E-state index in [0.29, 0.717) is 23.9 Å². The third kappa shape index (κ3) is 4.95. The van der Waals surface area contributed by atoms with Gasteiger partial charge in [0.2, 0.25) is 0 Å². The normalized spacial score (nSPS) is 10.9. The van der Waals surface area contributed by atoms with Crippen molar-refractivity contribution in [1.82, 2.24) is 15.0 Å². The van der Waals surface area contributed by atoms with E-state index in [1.165, 1.54) is 0 Å². The predicted octanol–water partition coefficient (Wildman–Crippen LogP) is 5.29. The SMILES string of the molecule is CC(C)c1noc(-c2ccc(NC(=O)N(C)Cc3ccc(Br)cc3)cc2)n1. The van der Waals surface area contributed by atoms with Crippen LogP contribution in [0.25, 0.3) is 11.5 Å². The van der Waals surface area contributed by atoms with Crippen molar-refractivity contribution in [1.29, 1.82) is 0 Å². The first kappa shape index (κ1) is 19.1. The number of aromatic nitrogens is 2. The molecule has 0 spiro atoms. The molecule has 0 radical (unpaired) electrons. The van der Waals surface area contributed by atoms with Gasteiger partial charge in [-0.3, -0.25) is 0 Å². The summed E-state index contributed by atoms with van der Waals surface area (Å²) in [6, 6.07) is 15.1. The van der Waals surface area contributed by atoms with E-state index in [-0.39, 0.29) is 11.9 Å². The van der Waals surface area contributed by atoms with Crippen molar-refractivity contribution >= 4 is 27.6 Å². The van der Waals surface area contributed by atoms with Crippen LogP contribution in [0, 0.1) is 0 Å². The van der Waals surface area contributed by atoms with Crippen molar-refractivity contribution in [3.05, 3.63) is 64.4 Å². The summed E-state index contributed by atoms with van der Waals surface area (Å²) in [6.45, 7) is 4.55. The molecule has 1 heterocycles. The summed E-state index contributed by atoms with van der Waals surface area (Å²) < 4.78 is 6.30. The highest BCUT2D eigenvalue weighted by Gasteiger charge is 2.13. The Bertz CT molecular complexity index is 904. The molecule has 1 N–H and O–H groups in total. The van der Waals surface area contributed by atoms with Crippen molar-refractivity contribution in [2.75, 3.05) is 12.4 Å². The van der Waals surface area contributed by atoms with Crippen LogP contribution >= 0.6 is 15.9 Å². The predicted molar refractivity (Wildman–Crippen MR) is 108 cm³/mol. The molecule has 0 saturated carbocycles. The van der Waals surface area contributed by atoms with Crippen LogP contribution in [0.2, 0.25) is 0 Å². The van der Waals surface area contributed by atoms with Crippen molar-refractivity contribution < 1.29 is 9.32 Å². The van der Waals surface area contributed by atoms with Gasteiger partial charge in [-0.15, -0.1) is 0 Å². The van der Waals surface area contributed by atoms with Crippen LogP contribution in [0.3, 0.4) is 0 Å². The number of hydrogen-bond acceptors (Lipinski definition) is 4. The zero-order valence-corrected chi connectivity index (χ0v) is 17.0. The molecule has 27 heavy (non-hydrogen) atoms. The summed E-state index contributed by atoms with van der Waals surface area (Å²) in [5, 5.41) is 6.85. The molecule has 0 unspecified atom stereocenters. The fourth-order valence-electron chi connectivity index (χ4n) is 2.44. The van der Waals surface area contributed by atoms with Crippen molar-refractivity contribution in [2.45, 2.75) is 26.3 Å². The quantitative estimate of drug-likeness (QED) is 0.599. The average molecular weight is 429 g/mol. The molecule has 2 amide bonds. The summed E-state index contributed by atoms with van der Waals surface area (Å²) in [7, 11) is 1.76. The maximum atomic E-state index is 12.4. The molecular formula is C20H21BrN4O2.